The third-order valence-corrected chi connectivity index (χ3v) is 4.15. The van der Waals surface area contributed by atoms with Crippen LogP contribution in [0.1, 0.15) is 35.8 Å². The predicted molar refractivity (Wildman–Crippen MR) is 84.7 cm³/mol. The average Bonchev–Trinajstić information content (AvgIpc) is 2.85. The van der Waals surface area contributed by atoms with Crippen molar-refractivity contribution in [3.63, 3.8) is 0 Å². The van der Waals surface area contributed by atoms with Gasteiger partial charge in [0, 0.05) is 24.0 Å². The predicted octanol–water partition coefficient (Wildman–Crippen LogP) is 3.02. The van der Waals surface area contributed by atoms with Crippen LogP contribution in [0.4, 0.5) is 5.69 Å². The monoisotopic (exact) mass is 336 g/mol. The Labute approximate surface area is 138 Å². The Kier molecular flexibility index (Phi) is 4.54. The van der Waals surface area contributed by atoms with Crippen LogP contribution in [-0.4, -0.2) is 22.8 Å². The number of fused-ring (bicyclic) bond motifs is 1. The molecule has 1 unspecified atom stereocenters. The molecule has 1 amide bonds. The lowest BCUT2D eigenvalue weighted by atomic mass is 10.0. The first-order chi connectivity index (χ1) is 11.1. The van der Waals surface area contributed by atoms with Crippen LogP contribution in [0.2, 0.25) is 5.22 Å². The second kappa shape index (κ2) is 6.60. The highest BCUT2D eigenvalue weighted by molar-refractivity contribution is 6.29. The number of carbonyl (C=O) groups excluding carboxylic acids is 1. The van der Waals surface area contributed by atoms with Crippen molar-refractivity contribution in [3.05, 3.63) is 40.2 Å². The molecule has 1 aromatic carbocycles. The molecule has 3 rings (SSSR count). The van der Waals surface area contributed by atoms with Gasteiger partial charge < -0.3 is 19.7 Å². The zero-order chi connectivity index (χ0) is 16.4. The SMILES string of the molecule is Cc1noc(Cl)c1CCC(=O)Nc1cccc2c1OCCC2O. The number of nitrogens with one attached hydrogen (secondary N) is 1. The van der Waals surface area contributed by atoms with E-state index >= 15 is 0 Å². The van der Waals surface area contributed by atoms with Gasteiger partial charge in [-0.25, -0.2) is 0 Å². The van der Waals surface area contributed by atoms with Gasteiger partial charge in [0.25, 0.3) is 0 Å². The molecule has 23 heavy (non-hydrogen) atoms. The molecule has 7 heteroatoms. The smallest absolute Gasteiger partial charge is 0.229 e. The highest BCUT2D eigenvalue weighted by atomic mass is 35.5. The molecule has 0 spiro atoms. The van der Waals surface area contributed by atoms with Gasteiger partial charge in [-0.05, 0) is 31.0 Å². The topological polar surface area (TPSA) is 84.6 Å². The van der Waals surface area contributed by atoms with E-state index in [9.17, 15) is 9.90 Å². The van der Waals surface area contributed by atoms with E-state index in [-0.39, 0.29) is 17.5 Å². The molecule has 0 saturated carbocycles. The van der Waals surface area contributed by atoms with E-state index in [1.807, 2.05) is 0 Å². The third-order valence-electron chi connectivity index (χ3n) is 3.86. The summed E-state index contributed by atoms with van der Waals surface area (Å²) in [5.41, 5.74) is 2.70. The van der Waals surface area contributed by atoms with Crippen molar-refractivity contribution in [2.75, 3.05) is 11.9 Å². The fourth-order valence-electron chi connectivity index (χ4n) is 2.60. The standard InChI is InChI=1S/C16H17ClN2O4/c1-9-10(16(17)23-19-9)5-6-14(21)18-12-4-2-3-11-13(20)7-8-22-15(11)12/h2-4,13,20H,5-8H2,1H3,(H,18,21). The normalized spacial score (nSPS) is 16.6. The molecule has 2 N–H and O–H groups in total. The van der Waals surface area contributed by atoms with Crippen LogP contribution in [0.5, 0.6) is 5.75 Å². The van der Waals surface area contributed by atoms with Gasteiger partial charge in [-0.15, -0.1) is 0 Å². The second-order valence-corrected chi connectivity index (χ2v) is 5.79. The Morgan fingerprint density at radius 1 is 1.52 bits per heavy atom. The van der Waals surface area contributed by atoms with Gasteiger partial charge in [-0.2, -0.15) is 0 Å². The first-order valence-electron chi connectivity index (χ1n) is 7.40. The number of aryl methyl sites for hydroxylation is 1. The number of aliphatic hydroxyl groups excluding tert-OH is 1. The average molecular weight is 337 g/mol. The molecule has 0 radical (unpaired) electrons. The number of ether oxygens (including phenoxy) is 1. The van der Waals surface area contributed by atoms with Crippen LogP contribution >= 0.6 is 11.6 Å². The first kappa shape index (κ1) is 15.8. The van der Waals surface area contributed by atoms with Crippen LogP contribution in [0.25, 0.3) is 0 Å². The molecule has 1 aliphatic rings. The van der Waals surface area contributed by atoms with E-state index < -0.39 is 6.10 Å². The zero-order valence-electron chi connectivity index (χ0n) is 12.6. The number of anilines is 1. The van der Waals surface area contributed by atoms with Crippen LogP contribution in [0.15, 0.2) is 22.7 Å². The Balaban J connectivity index is 1.68. The minimum atomic E-state index is -0.561. The van der Waals surface area contributed by atoms with Gasteiger partial charge in [0.15, 0.2) is 0 Å². The van der Waals surface area contributed by atoms with Crippen molar-refractivity contribution in [3.8, 4) is 5.75 Å². The number of aromatic nitrogens is 1. The maximum Gasteiger partial charge on any atom is 0.229 e. The van der Waals surface area contributed by atoms with E-state index in [4.69, 9.17) is 20.9 Å². The summed E-state index contributed by atoms with van der Waals surface area (Å²) in [5.74, 6) is 0.373. The van der Waals surface area contributed by atoms with Crippen molar-refractivity contribution >= 4 is 23.2 Å². The van der Waals surface area contributed by atoms with Gasteiger partial charge in [0.2, 0.25) is 11.1 Å². The molecule has 1 aliphatic heterocycles. The molecule has 2 aromatic rings. The molecular formula is C16H17ClN2O4. The lowest BCUT2D eigenvalue weighted by molar-refractivity contribution is -0.116. The summed E-state index contributed by atoms with van der Waals surface area (Å²) in [7, 11) is 0. The van der Waals surface area contributed by atoms with Crippen molar-refractivity contribution in [2.45, 2.75) is 32.3 Å². The van der Waals surface area contributed by atoms with Gasteiger partial charge >= 0.3 is 0 Å². The molecule has 1 aromatic heterocycles. The Hall–Kier alpha value is -2.05. The van der Waals surface area contributed by atoms with Gasteiger partial charge in [0.05, 0.1) is 24.1 Å². The van der Waals surface area contributed by atoms with E-state index in [2.05, 4.69) is 10.5 Å². The molecule has 0 saturated heterocycles. The number of aliphatic hydroxyl groups is 1. The number of rotatable bonds is 4. The number of nitrogens with zero attached hydrogens (tertiary/aromatic N) is 1. The molecule has 0 fully saturated rings. The number of hydrogen-bond acceptors (Lipinski definition) is 5. The van der Waals surface area contributed by atoms with Gasteiger partial charge in [-0.1, -0.05) is 17.3 Å². The number of carbonyl (C=O) groups is 1. The largest absolute Gasteiger partial charge is 0.491 e. The zero-order valence-corrected chi connectivity index (χ0v) is 13.4. The first-order valence-corrected chi connectivity index (χ1v) is 7.78. The van der Waals surface area contributed by atoms with Crippen molar-refractivity contribution in [1.82, 2.24) is 5.16 Å². The lowest BCUT2D eigenvalue weighted by Gasteiger charge is -2.24. The summed E-state index contributed by atoms with van der Waals surface area (Å²) in [5, 5.41) is 16.8. The van der Waals surface area contributed by atoms with Crippen LogP contribution < -0.4 is 10.1 Å². The Bertz CT molecular complexity index is 709. The van der Waals surface area contributed by atoms with E-state index in [0.717, 1.165) is 5.56 Å². The molecule has 6 nitrogen and oxygen atoms in total. The molecule has 122 valence electrons. The number of hydrogen-bond donors (Lipinski definition) is 2. The van der Waals surface area contributed by atoms with Gasteiger partial charge in [0.1, 0.15) is 5.75 Å². The van der Waals surface area contributed by atoms with E-state index in [1.165, 1.54) is 0 Å². The highest BCUT2D eigenvalue weighted by Crippen LogP contribution is 2.37. The maximum atomic E-state index is 12.2. The van der Waals surface area contributed by atoms with E-state index in [1.54, 1.807) is 25.1 Å². The molecule has 2 heterocycles. The van der Waals surface area contributed by atoms with Gasteiger partial charge in [-0.3, -0.25) is 4.79 Å². The number of amides is 1. The second-order valence-electron chi connectivity index (χ2n) is 5.45. The van der Waals surface area contributed by atoms with Crippen molar-refractivity contribution in [2.24, 2.45) is 0 Å². The minimum Gasteiger partial charge on any atom is -0.491 e. The fraction of sp³-hybridized carbons (Fsp3) is 0.375. The fourth-order valence-corrected chi connectivity index (χ4v) is 2.86. The number of halogens is 1. The third kappa shape index (κ3) is 3.33. The lowest BCUT2D eigenvalue weighted by Crippen LogP contribution is -2.18. The number of para-hydroxylation sites is 1. The summed E-state index contributed by atoms with van der Waals surface area (Å²) in [4.78, 5) is 12.2. The Morgan fingerprint density at radius 2 is 2.35 bits per heavy atom. The maximum absolute atomic E-state index is 12.2. The highest BCUT2D eigenvalue weighted by Gasteiger charge is 2.22. The molecule has 1 atom stereocenters. The summed E-state index contributed by atoms with van der Waals surface area (Å²) < 4.78 is 10.5. The molecule has 0 bridgehead atoms. The van der Waals surface area contributed by atoms with E-state index in [0.29, 0.717) is 42.1 Å². The summed E-state index contributed by atoms with van der Waals surface area (Å²) in [6.45, 7) is 2.21. The van der Waals surface area contributed by atoms with Crippen LogP contribution in [-0.2, 0) is 11.2 Å². The minimum absolute atomic E-state index is 0.168. The Morgan fingerprint density at radius 3 is 3.09 bits per heavy atom. The summed E-state index contributed by atoms with van der Waals surface area (Å²) in [6.07, 6.45) is 0.677. The van der Waals surface area contributed by atoms with Crippen molar-refractivity contribution in [1.29, 1.82) is 0 Å². The van der Waals surface area contributed by atoms with Crippen LogP contribution in [0, 0.1) is 6.92 Å². The number of benzene rings is 1. The summed E-state index contributed by atoms with van der Waals surface area (Å²) >= 11 is 5.89. The summed E-state index contributed by atoms with van der Waals surface area (Å²) in [6, 6.07) is 5.34. The van der Waals surface area contributed by atoms with Crippen LogP contribution in [0.3, 0.4) is 0 Å². The quantitative estimate of drug-likeness (QED) is 0.896. The molecule has 0 aliphatic carbocycles. The van der Waals surface area contributed by atoms with Crippen molar-refractivity contribution < 1.29 is 19.2 Å². The molecular weight excluding hydrogens is 320 g/mol.